The molecule has 3 rings (SSSR count). The van der Waals surface area contributed by atoms with Gasteiger partial charge in [0.05, 0.1) is 5.02 Å². The predicted octanol–water partition coefficient (Wildman–Crippen LogP) is 4.57. The third kappa shape index (κ3) is 2.13. The first-order valence-corrected chi connectivity index (χ1v) is 6.64. The SMILES string of the molecule is [CH2]CC(c1ccccc1)c1c[nH]c2nccc(Cl)c12. The lowest BCUT2D eigenvalue weighted by Crippen LogP contribution is -1.98. The minimum atomic E-state index is 0.233. The van der Waals surface area contributed by atoms with Gasteiger partial charge in [0.25, 0.3) is 0 Å². The summed E-state index contributed by atoms with van der Waals surface area (Å²) < 4.78 is 0. The van der Waals surface area contributed by atoms with Crippen molar-refractivity contribution in [2.24, 2.45) is 0 Å². The average Bonchev–Trinajstić information content (AvgIpc) is 2.86. The Bertz CT molecular complexity index is 688. The Morgan fingerprint density at radius 3 is 2.74 bits per heavy atom. The smallest absolute Gasteiger partial charge is 0.139 e. The fourth-order valence-electron chi connectivity index (χ4n) is 2.50. The molecule has 2 nitrogen and oxygen atoms in total. The van der Waals surface area contributed by atoms with Gasteiger partial charge < -0.3 is 4.98 Å². The second kappa shape index (κ2) is 5.06. The van der Waals surface area contributed by atoms with E-state index in [9.17, 15) is 0 Å². The van der Waals surface area contributed by atoms with Crippen LogP contribution in [-0.2, 0) is 0 Å². The van der Waals surface area contributed by atoms with Gasteiger partial charge in [0.15, 0.2) is 0 Å². The van der Waals surface area contributed by atoms with Crippen molar-refractivity contribution in [1.82, 2.24) is 9.97 Å². The topological polar surface area (TPSA) is 28.7 Å². The molecule has 2 heterocycles. The monoisotopic (exact) mass is 269 g/mol. The molecule has 0 amide bonds. The van der Waals surface area contributed by atoms with Crippen LogP contribution in [-0.4, -0.2) is 9.97 Å². The summed E-state index contributed by atoms with van der Waals surface area (Å²) in [5.41, 5.74) is 3.24. The molecule has 0 spiro atoms. The Balaban J connectivity index is 2.17. The molecule has 0 aliphatic rings. The minimum Gasteiger partial charge on any atom is -0.346 e. The van der Waals surface area contributed by atoms with E-state index < -0.39 is 0 Å². The number of halogens is 1. The van der Waals surface area contributed by atoms with E-state index in [2.05, 4.69) is 29.0 Å². The molecule has 19 heavy (non-hydrogen) atoms. The summed E-state index contributed by atoms with van der Waals surface area (Å²) >= 11 is 6.31. The lowest BCUT2D eigenvalue weighted by atomic mass is 9.89. The first kappa shape index (κ1) is 12.2. The minimum absolute atomic E-state index is 0.233. The normalized spacial score (nSPS) is 12.7. The Labute approximate surface area is 117 Å². The number of rotatable bonds is 3. The lowest BCUT2D eigenvalue weighted by molar-refractivity contribution is 0.834. The van der Waals surface area contributed by atoms with Crippen molar-refractivity contribution in [2.45, 2.75) is 12.3 Å². The van der Waals surface area contributed by atoms with Crippen molar-refractivity contribution in [3.05, 3.63) is 71.9 Å². The molecule has 1 N–H and O–H groups in total. The van der Waals surface area contributed by atoms with Gasteiger partial charge in [-0.05, 0) is 23.6 Å². The second-order valence-corrected chi connectivity index (χ2v) is 4.92. The third-order valence-corrected chi connectivity index (χ3v) is 3.73. The summed E-state index contributed by atoms with van der Waals surface area (Å²) in [6, 6.07) is 12.2. The molecule has 0 saturated heterocycles. The number of H-pyrrole nitrogens is 1. The van der Waals surface area contributed by atoms with Gasteiger partial charge in [-0.15, -0.1) is 0 Å². The van der Waals surface area contributed by atoms with Gasteiger partial charge in [-0.3, -0.25) is 0 Å². The highest BCUT2D eigenvalue weighted by molar-refractivity contribution is 6.35. The molecular weight excluding hydrogens is 256 g/mol. The number of nitrogens with one attached hydrogen (secondary N) is 1. The van der Waals surface area contributed by atoms with Crippen LogP contribution in [0.3, 0.4) is 0 Å². The Kier molecular flexibility index (Phi) is 3.26. The van der Waals surface area contributed by atoms with Crippen molar-refractivity contribution in [3.8, 4) is 0 Å². The molecule has 0 saturated carbocycles. The molecule has 0 aliphatic carbocycles. The number of fused-ring (bicyclic) bond motifs is 1. The lowest BCUT2D eigenvalue weighted by Gasteiger charge is -2.15. The van der Waals surface area contributed by atoms with Crippen molar-refractivity contribution < 1.29 is 0 Å². The largest absolute Gasteiger partial charge is 0.346 e. The van der Waals surface area contributed by atoms with Crippen molar-refractivity contribution in [2.75, 3.05) is 0 Å². The van der Waals surface area contributed by atoms with Gasteiger partial charge in [-0.1, -0.05) is 48.9 Å². The van der Waals surface area contributed by atoms with Gasteiger partial charge in [0, 0.05) is 23.7 Å². The van der Waals surface area contributed by atoms with Crippen LogP contribution in [0.4, 0.5) is 0 Å². The number of aromatic amines is 1. The van der Waals surface area contributed by atoms with Gasteiger partial charge in [-0.2, -0.15) is 0 Å². The van der Waals surface area contributed by atoms with E-state index in [1.54, 1.807) is 6.20 Å². The zero-order chi connectivity index (χ0) is 13.2. The van der Waals surface area contributed by atoms with Gasteiger partial charge in [-0.25, -0.2) is 4.98 Å². The number of nitrogens with zero attached hydrogens (tertiary/aromatic N) is 1. The van der Waals surface area contributed by atoms with E-state index in [0.717, 1.165) is 28.0 Å². The molecule has 95 valence electrons. The summed E-state index contributed by atoms with van der Waals surface area (Å²) in [5.74, 6) is 0.233. The first-order valence-electron chi connectivity index (χ1n) is 6.27. The number of pyridine rings is 1. The van der Waals surface area contributed by atoms with Crippen LogP contribution in [0.15, 0.2) is 48.8 Å². The summed E-state index contributed by atoms with van der Waals surface area (Å²) in [4.78, 5) is 7.50. The van der Waals surface area contributed by atoms with Crippen molar-refractivity contribution >= 4 is 22.6 Å². The standard InChI is InChI=1S/C16H14ClN2/c1-2-12(11-6-4-3-5-7-11)13-10-19-16-15(13)14(17)8-9-18-16/h3-10,12H,1-2H2,(H,18,19). The maximum Gasteiger partial charge on any atom is 0.139 e. The second-order valence-electron chi connectivity index (χ2n) is 4.51. The molecule has 1 radical (unpaired) electrons. The Hall–Kier alpha value is -1.80. The highest BCUT2D eigenvalue weighted by atomic mass is 35.5. The summed E-state index contributed by atoms with van der Waals surface area (Å²) in [7, 11) is 0. The Morgan fingerprint density at radius 1 is 1.21 bits per heavy atom. The molecule has 0 aliphatic heterocycles. The van der Waals surface area contributed by atoms with E-state index in [1.807, 2.05) is 30.5 Å². The van der Waals surface area contributed by atoms with E-state index in [1.165, 1.54) is 5.56 Å². The fraction of sp³-hybridized carbons (Fsp3) is 0.125. The Morgan fingerprint density at radius 2 is 2.00 bits per heavy atom. The predicted molar refractivity (Wildman–Crippen MR) is 79.4 cm³/mol. The fourth-order valence-corrected chi connectivity index (χ4v) is 2.76. The zero-order valence-corrected chi connectivity index (χ0v) is 11.2. The van der Waals surface area contributed by atoms with E-state index >= 15 is 0 Å². The summed E-state index contributed by atoms with van der Waals surface area (Å²) in [6.07, 6.45) is 4.49. The third-order valence-electron chi connectivity index (χ3n) is 3.42. The molecular formula is C16H14ClN2. The number of benzene rings is 1. The van der Waals surface area contributed by atoms with Crippen LogP contribution in [0.25, 0.3) is 11.0 Å². The number of aromatic nitrogens is 2. The molecule has 0 fully saturated rings. The van der Waals surface area contributed by atoms with E-state index in [-0.39, 0.29) is 5.92 Å². The van der Waals surface area contributed by atoms with Gasteiger partial charge in [0.2, 0.25) is 0 Å². The van der Waals surface area contributed by atoms with Crippen LogP contribution < -0.4 is 0 Å². The van der Waals surface area contributed by atoms with Crippen molar-refractivity contribution in [3.63, 3.8) is 0 Å². The quantitative estimate of drug-likeness (QED) is 0.741. The first-order chi connectivity index (χ1) is 9.31. The summed E-state index contributed by atoms with van der Waals surface area (Å²) in [5, 5.41) is 1.73. The van der Waals surface area contributed by atoms with Gasteiger partial charge in [0.1, 0.15) is 5.65 Å². The molecule has 1 atom stereocenters. The van der Waals surface area contributed by atoms with Crippen LogP contribution in [0.1, 0.15) is 23.5 Å². The maximum absolute atomic E-state index is 6.31. The molecule has 3 heteroatoms. The molecule has 1 aromatic carbocycles. The number of hydrogen-bond donors (Lipinski definition) is 1. The number of hydrogen-bond acceptors (Lipinski definition) is 1. The molecule has 3 aromatic rings. The molecule has 0 bridgehead atoms. The van der Waals surface area contributed by atoms with Gasteiger partial charge >= 0.3 is 0 Å². The van der Waals surface area contributed by atoms with Crippen LogP contribution in [0, 0.1) is 6.92 Å². The van der Waals surface area contributed by atoms with Crippen molar-refractivity contribution in [1.29, 1.82) is 0 Å². The van der Waals surface area contributed by atoms with Crippen LogP contribution in [0.2, 0.25) is 5.02 Å². The molecule has 2 aromatic heterocycles. The average molecular weight is 270 g/mol. The summed E-state index contributed by atoms with van der Waals surface area (Å²) in [6.45, 7) is 4.08. The maximum atomic E-state index is 6.31. The highest BCUT2D eigenvalue weighted by Gasteiger charge is 2.18. The highest BCUT2D eigenvalue weighted by Crippen LogP contribution is 2.35. The van der Waals surface area contributed by atoms with Crippen LogP contribution >= 0.6 is 11.6 Å². The van der Waals surface area contributed by atoms with E-state index in [4.69, 9.17) is 11.6 Å². The van der Waals surface area contributed by atoms with Crippen LogP contribution in [0.5, 0.6) is 0 Å². The van der Waals surface area contributed by atoms with E-state index in [0.29, 0.717) is 0 Å². The molecule has 1 unspecified atom stereocenters. The zero-order valence-electron chi connectivity index (χ0n) is 10.4.